The van der Waals surface area contributed by atoms with Crippen molar-refractivity contribution < 1.29 is 39.4 Å². The van der Waals surface area contributed by atoms with Crippen molar-refractivity contribution in [2.45, 2.75) is 30.7 Å². The van der Waals surface area contributed by atoms with E-state index in [0.29, 0.717) is 11.3 Å². The zero-order chi connectivity index (χ0) is 20.3. The van der Waals surface area contributed by atoms with Crippen molar-refractivity contribution in [2.75, 3.05) is 13.7 Å². The van der Waals surface area contributed by atoms with E-state index in [-0.39, 0.29) is 0 Å². The standard InChI is InChI=1S/C20H22O8/c1-26-19(25)12-7-5-11(6-8-12)13-3-2-4-14(9-13)27-20-18(24)17(23)16(22)15(10-21)28-20/h2-9,15-18,20-24H,10H2,1H3/t15?,16-,17?,18-,20+/m1/s1. The van der Waals surface area contributed by atoms with Gasteiger partial charge in [0, 0.05) is 0 Å². The number of aliphatic hydroxyl groups is 4. The molecular weight excluding hydrogens is 368 g/mol. The molecule has 0 aromatic heterocycles. The number of esters is 1. The summed E-state index contributed by atoms with van der Waals surface area (Å²) in [6.07, 6.45) is -6.74. The van der Waals surface area contributed by atoms with Crippen LogP contribution < -0.4 is 4.74 Å². The van der Waals surface area contributed by atoms with Gasteiger partial charge in [-0.1, -0.05) is 24.3 Å². The summed E-state index contributed by atoms with van der Waals surface area (Å²) in [7, 11) is 1.32. The molecule has 8 nitrogen and oxygen atoms in total. The van der Waals surface area contributed by atoms with Crippen molar-refractivity contribution in [1.82, 2.24) is 0 Å². The molecule has 2 aromatic carbocycles. The van der Waals surface area contributed by atoms with E-state index in [1.165, 1.54) is 7.11 Å². The quantitative estimate of drug-likeness (QED) is 0.538. The first-order valence-electron chi connectivity index (χ1n) is 8.70. The SMILES string of the molecule is COC(=O)c1ccc(-c2cccc(O[C@H]3OC(CO)[C@@H](O)C(O)[C@H]3O)c2)cc1. The second-order valence-electron chi connectivity index (χ2n) is 6.41. The van der Waals surface area contributed by atoms with Crippen LogP contribution in [0.3, 0.4) is 0 Å². The molecule has 0 bridgehead atoms. The smallest absolute Gasteiger partial charge is 0.337 e. The predicted molar refractivity (Wildman–Crippen MR) is 97.6 cm³/mol. The minimum Gasteiger partial charge on any atom is -0.465 e. The van der Waals surface area contributed by atoms with Crippen molar-refractivity contribution in [1.29, 1.82) is 0 Å². The molecule has 1 aliphatic rings. The van der Waals surface area contributed by atoms with E-state index >= 15 is 0 Å². The van der Waals surface area contributed by atoms with Gasteiger partial charge in [0.1, 0.15) is 30.2 Å². The third kappa shape index (κ3) is 4.16. The minimum atomic E-state index is -1.51. The summed E-state index contributed by atoms with van der Waals surface area (Å²) in [5.41, 5.74) is 2.05. The lowest BCUT2D eigenvalue weighted by Gasteiger charge is -2.39. The Bertz CT molecular complexity index is 804. The summed E-state index contributed by atoms with van der Waals surface area (Å²) in [4.78, 5) is 11.5. The summed E-state index contributed by atoms with van der Waals surface area (Å²) in [5, 5.41) is 39.0. The van der Waals surface area contributed by atoms with E-state index in [9.17, 15) is 25.2 Å². The van der Waals surface area contributed by atoms with Gasteiger partial charge in [0.2, 0.25) is 6.29 Å². The summed E-state index contributed by atoms with van der Waals surface area (Å²) < 4.78 is 15.7. The molecule has 3 rings (SSSR count). The Morgan fingerprint density at radius 3 is 2.36 bits per heavy atom. The number of rotatable bonds is 5. The molecule has 1 heterocycles. The highest BCUT2D eigenvalue weighted by Gasteiger charge is 2.44. The molecule has 0 radical (unpaired) electrons. The molecule has 1 fully saturated rings. The maximum absolute atomic E-state index is 11.5. The highest BCUT2D eigenvalue weighted by molar-refractivity contribution is 5.90. The van der Waals surface area contributed by atoms with Crippen LogP contribution in [0, 0.1) is 0 Å². The van der Waals surface area contributed by atoms with Crippen molar-refractivity contribution >= 4 is 5.97 Å². The summed E-state index contributed by atoms with van der Waals surface area (Å²) in [6, 6.07) is 13.7. The number of benzene rings is 2. The van der Waals surface area contributed by atoms with Gasteiger partial charge in [-0.25, -0.2) is 4.79 Å². The molecule has 0 spiro atoms. The molecule has 5 atom stereocenters. The average molecular weight is 390 g/mol. The first kappa shape index (κ1) is 20.2. The minimum absolute atomic E-state index is 0.360. The highest BCUT2D eigenvalue weighted by atomic mass is 16.7. The highest BCUT2D eigenvalue weighted by Crippen LogP contribution is 2.28. The Kier molecular flexibility index (Phi) is 6.28. The Morgan fingerprint density at radius 1 is 1.00 bits per heavy atom. The number of hydrogen-bond acceptors (Lipinski definition) is 8. The fourth-order valence-electron chi connectivity index (χ4n) is 2.96. The van der Waals surface area contributed by atoms with Crippen LogP contribution in [0.2, 0.25) is 0 Å². The second kappa shape index (κ2) is 8.68. The zero-order valence-corrected chi connectivity index (χ0v) is 15.1. The van der Waals surface area contributed by atoms with Crippen LogP contribution >= 0.6 is 0 Å². The lowest BCUT2D eigenvalue weighted by Crippen LogP contribution is -2.60. The molecule has 28 heavy (non-hydrogen) atoms. The van der Waals surface area contributed by atoms with E-state index in [1.807, 2.05) is 6.07 Å². The van der Waals surface area contributed by atoms with Crippen molar-refractivity contribution in [2.24, 2.45) is 0 Å². The number of hydrogen-bond donors (Lipinski definition) is 4. The second-order valence-corrected chi connectivity index (χ2v) is 6.41. The monoisotopic (exact) mass is 390 g/mol. The third-order valence-electron chi connectivity index (χ3n) is 4.57. The van der Waals surface area contributed by atoms with Crippen LogP contribution in [0.25, 0.3) is 11.1 Å². The van der Waals surface area contributed by atoms with E-state index in [2.05, 4.69) is 4.74 Å². The molecule has 150 valence electrons. The number of ether oxygens (including phenoxy) is 3. The van der Waals surface area contributed by atoms with Crippen molar-refractivity contribution in [3.8, 4) is 16.9 Å². The fraction of sp³-hybridized carbons (Fsp3) is 0.350. The fourth-order valence-corrected chi connectivity index (χ4v) is 2.96. The largest absolute Gasteiger partial charge is 0.465 e. The van der Waals surface area contributed by atoms with E-state index in [1.54, 1.807) is 42.5 Å². The molecule has 0 amide bonds. The molecule has 0 saturated carbocycles. The summed E-state index contributed by atoms with van der Waals surface area (Å²) in [5.74, 6) is -0.0647. The zero-order valence-electron chi connectivity index (χ0n) is 15.1. The first-order chi connectivity index (χ1) is 13.4. The van der Waals surface area contributed by atoms with Gasteiger partial charge in [0.25, 0.3) is 0 Å². The van der Waals surface area contributed by atoms with Gasteiger partial charge in [-0.15, -0.1) is 0 Å². The third-order valence-corrected chi connectivity index (χ3v) is 4.57. The van der Waals surface area contributed by atoms with E-state index in [0.717, 1.165) is 11.1 Å². The molecular formula is C20H22O8. The Labute approximate surface area is 161 Å². The Hall–Kier alpha value is -2.49. The number of aliphatic hydroxyl groups excluding tert-OH is 4. The molecule has 2 aromatic rings. The first-order valence-corrected chi connectivity index (χ1v) is 8.70. The molecule has 1 aliphatic heterocycles. The Balaban J connectivity index is 1.77. The molecule has 0 aliphatic carbocycles. The predicted octanol–water partition coefficient (Wildman–Crippen LogP) is 0.319. The van der Waals surface area contributed by atoms with Crippen LogP contribution in [0.5, 0.6) is 5.75 Å². The van der Waals surface area contributed by atoms with Crippen molar-refractivity contribution in [3.05, 3.63) is 54.1 Å². The lowest BCUT2D eigenvalue weighted by atomic mass is 9.99. The van der Waals surface area contributed by atoms with Gasteiger partial charge in [0.15, 0.2) is 0 Å². The Morgan fingerprint density at radius 2 is 1.71 bits per heavy atom. The van der Waals surface area contributed by atoms with Gasteiger partial charge in [-0.2, -0.15) is 0 Å². The van der Waals surface area contributed by atoms with Crippen molar-refractivity contribution in [3.63, 3.8) is 0 Å². The maximum atomic E-state index is 11.5. The van der Waals surface area contributed by atoms with E-state index < -0.39 is 43.3 Å². The molecule has 2 unspecified atom stereocenters. The van der Waals surface area contributed by atoms with Gasteiger partial charge in [0.05, 0.1) is 19.3 Å². The number of carbonyl (C=O) groups is 1. The van der Waals surface area contributed by atoms with Crippen LogP contribution in [-0.2, 0) is 9.47 Å². The van der Waals surface area contributed by atoms with Crippen LogP contribution in [0.15, 0.2) is 48.5 Å². The molecule has 8 heteroatoms. The van der Waals surface area contributed by atoms with Gasteiger partial charge < -0.3 is 34.6 Å². The maximum Gasteiger partial charge on any atom is 0.337 e. The summed E-state index contributed by atoms with van der Waals surface area (Å²) >= 11 is 0. The number of carbonyl (C=O) groups excluding carboxylic acids is 1. The average Bonchev–Trinajstić information content (AvgIpc) is 2.74. The van der Waals surface area contributed by atoms with Gasteiger partial charge in [-0.05, 0) is 35.4 Å². The van der Waals surface area contributed by atoms with Crippen LogP contribution in [-0.4, -0.2) is 70.8 Å². The van der Waals surface area contributed by atoms with Crippen LogP contribution in [0.4, 0.5) is 0 Å². The normalized spacial score (nSPS) is 27.2. The van der Waals surface area contributed by atoms with Crippen LogP contribution in [0.1, 0.15) is 10.4 Å². The molecule has 1 saturated heterocycles. The van der Waals surface area contributed by atoms with E-state index in [4.69, 9.17) is 9.47 Å². The lowest BCUT2D eigenvalue weighted by molar-refractivity contribution is -0.277. The molecule has 4 N–H and O–H groups in total. The number of methoxy groups -OCH3 is 1. The topological polar surface area (TPSA) is 126 Å². The van der Waals surface area contributed by atoms with Gasteiger partial charge >= 0.3 is 5.97 Å². The van der Waals surface area contributed by atoms with Gasteiger partial charge in [-0.3, -0.25) is 0 Å². The summed E-state index contributed by atoms with van der Waals surface area (Å²) in [6.45, 7) is -0.530.